The van der Waals surface area contributed by atoms with Gasteiger partial charge in [-0.2, -0.15) is 0 Å². The summed E-state index contributed by atoms with van der Waals surface area (Å²) in [5.41, 5.74) is 7.48. The minimum atomic E-state index is -0.439. The van der Waals surface area contributed by atoms with Gasteiger partial charge in [0, 0.05) is 20.1 Å². The Morgan fingerprint density at radius 1 is 0.814 bits per heavy atom. The summed E-state index contributed by atoms with van der Waals surface area (Å²) in [6.07, 6.45) is 0. The number of rotatable bonds is 6. The Hall–Kier alpha value is -4.16. The van der Waals surface area contributed by atoms with Gasteiger partial charge in [-0.3, -0.25) is 29.0 Å². The number of nitrogens with zero attached hydrogens (tertiary/aromatic N) is 3. The number of benzene rings is 2. The average Bonchev–Trinajstić information content (AvgIpc) is 3.15. The van der Waals surface area contributed by atoms with Crippen molar-refractivity contribution in [1.29, 1.82) is 0 Å². The largest absolute Gasteiger partial charge is 0.468 e. The number of nitrogens with one attached hydrogen (secondary N) is 3. The number of carbonyl (C=O) groups is 4. The van der Waals surface area contributed by atoms with Gasteiger partial charge in [0.25, 0.3) is 0 Å². The third kappa shape index (κ3) is 7.44. The quantitative estimate of drug-likeness (QED) is 0.423. The number of aryl methyl sites for hydroxylation is 4. The monoisotopic (exact) mass is 596 g/mol. The molecule has 0 spiro atoms. The van der Waals surface area contributed by atoms with Gasteiger partial charge in [0.15, 0.2) is 0 Å². The van der Waals surface area contributed by atoms with Crippen LogP contribution >= 0.6 is 0 Å². The Kier molecular flexibility index (Phi) is 11.1. The van der Waals surface area contributed by atoms with Crippen molar-refractivity contribution in [2.24, 2.45) is 0 Å². The molecular formula is C31H44N6O6. The van der Waals surface area contributed by atoms with Crippen molar-refractivity contribution in [2.45, 2.75) is 39.8 Å². The molecule has 0 bridgehead atoms. The lowest BCUT2D eigenvalue weighted by atomic mass is 10.1. The maximum atomic E-state index is 12.8. The summed E-state index contributed by atoms with van der Waals surface area (Å²) in [5.74, 6) is -1.13. The fourth-order valence-electron chi connectivity index (χ4n) is 5.52. The Morgan fingerprint density at radius 3 is 1.84 bits per heavy atom. The molecule has 234 valence electrons. The summed E-state index contributed by atoms with van der Waals surface area (Å²) in [4.78, 5) is 53.9. The van der Waals surface area contributed by atoms with Crippen LogP contribution in [-0.4, -0.2) is 97.4 Å². The van der Waals surface area contributed by atoms with Crippen molar-refractivity contribution in [3.63, 3.8) is 0 Å². The first-order valence-corrected chi connectivity index (χ1v) is 14.1. The van der Waals surface area contributed by atoms with Gasteiger partial charge >= 0.3 is 11.9 Å². The highest BCUT2D eigenvalue weighted by molar-refractivity contribution is 6.06. The number of ether oxygens (including phenoxy) is 2. The van der Waals surface area contributed by atoms with E-state index >= 15 is 0 Å². The number of hydrogen-bond acceptors (Lipinski definition) is 10. The predicted octanol–water partition coefficient (Wildman–Crippen LogP) is 1.67. The van der Waals surface area contributed by atoms with Crippen molar-refractivity contribution in [3.8, 4) is 0 Å². The Morgan fingerprint density at radius 2 is 1.30 bits per heavy atom. The molecule has 0 saturated carbocycles. The van der Waals surface area contributed by atoms with E-state index < -0.39 is 11.9 Å². The van der Waals surface area contributed by atoms with E-state index in [-0.39, 0.29) is 37.0 Å². The van der Waals surface area contributed by atoms with E-state index in [9.17, 15) is 19.2 Å². The van der Waals surface area contributed by atoms with E-state index in [1.807, 2.05) is 63.9 Å². The number of likely N-dealkylation sites (N-methyl/N-ethyl adjacent to an activating group) is 3. The Labute approximate surface area is 253 Å². The highest BCUT2D eigenvalue weighted by Crippen LogP contribution is 2.36. The summed E-state index contributed by atoms with van der Waals surface area (Å²) >= 11 is 0. The minimum absolute atomic E-state index is 0.0851. The average molecular weight is 597 g/mol. The van der Waals surface area contributed by atoms with Crippen molar-refractivity contribution in [3.05, 3.63) is 46.5 Å². The van der Waals surface area contributed by atoms with Crippen LogP contribution < -0.4 is 30.7 Å². The number of fused-ring (bicyclic) bond motifs is 2. The lowest BCUT2D eigenvalue weighted by Gasteiger charge is -2.26. The number of esters is 2. The van der Waals surface area contributed by atoms with E-state index in [1.165, 1.54) is 24.0 Å². The number of hydrogen-bond donors (Lipinski definition) is 3. The third-order valence-corrected chi connectivity index (χ3v) is 7.63. The molecule has 0 aliphatic carbocycles. The molecule has 12 nitrogen and oxygen atoms in total. The SMILES string of the molecule is CN[C@H]1CN(C)c2cc(C)cc(C)c2N(CC(=O)OC)C1=O.CN[C@H]1CNc2cc(C)cc(C)c2N(CC(=O)OC)C1=O. The van der Waals surface area contributed by atoms with Crippen LogP contribution in [-0.2, 0) is 28.7 Å². The third-order valence-electron chi connectivity index (χ3n) is 7.63. The van der Waals surface area contributed by atoms with Crippen LogP contribution in [0.3, 0.4) is 0 Å². The molecule has 4 rings (SSSR count). The van der Waals surface area contributed by atoms with Gasteiger partial charge in [0.05, 0.1) is 37.0 Å². The number of carbonyl (C=O) groups excluding carboxylic acids is 4. The number of methoxy groups -OCH3 is 2. The first-order valence-electron chi connectivity index (χ1n) is 14.1. The normalized spacial score (nSPS) is 17.9. The molecule has 0 radical (unpaired) electrons. The molecule has 2 aromatic rings. The summed E-state index contributed by atoms with van der Waals surface area (Å²) in [6, 6.07) is 7.28. The van der Waals surface area contributed by atoms with Crippen LogP contribution in [0.25, 0.3) is 0 Å². The molecule has 0 unspecified atom stereocenters. The second-order valence-electron chi connectivity index (χ2n) is 10.9. The fraction of sp³-hybridized carbons (Fsp3) is 0.484. The smallest absolute Gasteiger partial charge is 0.325 e. The zero-order valence-corrected chi connectivity index (χ0v) is 26.6. The van der Waals surface area contributed by atoms with Gasteiger partial charge in [-0.1, -0.05) is 12.1 Å². The van der Waals surface area contributed by atoms with Gasteiger partial charge < -0.3 is 30.3 Å². The fourth-order valence-corrected chi connectivity index (χ4v) is 5.52. The topological polar surface area (TPSA) is 133 Å². The van der Waals surface area contributed by atoms with Crippen LogP contribution in [0.4, 0.5) is 22.7 Å². The van der Waals surface area contributed by atoms with E-state index in [1.54, 1.807) is 14.1 Å². The molecular weight excluding hydrogens is 552 g/mol. The molecule has 2 heterocycles. The number of amides is 2. The van der Waals surface area contributed by atoms with Crippen molar-refractivity contribution in [1.82, 2.24) is 10.6 Å². The second-order valence-corrected chi connectivity index (χ2v) is 10.9. The molecule has 12 heteroatoms. The first kappa shape index (κ1) is 33.3. The van der Waals surface area contributed by atoms with Gasteiger partial charge in [-0.15, -0.1) is 0 Å². The lowest BCUT2D eigenvalue weighted by molar-refractivity contribution is -0.140. The predicted molar refractivity (Wildman–Crippen MR) is 168 cm³/mol. The second kappa shape index (κ2) is 14.3. The molecule has 2 aliphatic heterocycles. The zero-order valence-electron chi connectivity index (χ0n) is 26.6. The van der Waals surface area contributed by atoms with E-state index in [0.717, 1.165) is 45.0 Å². The minimum Gasteiger partial charge on any atom is -0.468 e. The molecule has 0 aromatic heterocycles. The summed E-state index contributed by atoms with van der Waals surface area (Å²) < 4.78 is 9.47. The zero-order chi connectivity index (χ0) is 32.0. The summed E-state index contributed by atoms with van der Waals surface area (Å²) in [5, 5.41) is 9.29. The van der Waals surface area contributed by atoms with Gasteiger partial charge in [0.1, 0.15) is 25.2 Å². The standard InChI is InChI=1S/C16H23N3O3.C15H21N3O3/c1-10-6-11(2)15-13(7-10)18(4)8-12(17-3)16(21)19(15)9-14(20)22-5;1-9-5-10(2)14-11(6-9)17-7-12(16-3)15(20)18(14)8-13(19)21-4/h6-7,12,17H,8-9H2,1-5H3;5-6,12,16-17H,7-8H2,1-4H3/t2*12-/m00/s1. The molecule has 0 saturated heterocycles. The molecule has 2 aromatic carbocycles. The van der Waals surface area contributed by atoms with E-state index in [2.05, 4.69) is 16.0 Å². The van der Waals surface area contributed by atoms with E-state index in [4.69, 9.17) is 9.47 Å². The van der Waals surface area contributed by atoms with Crippen molar-refractivity contribution in [2.75, 3.05) is 81.6 Å². The Balaban J connectivity index is 0.000000236. The van der Waals surface area contributed by atoms with Crippen LogP contribution in [0.15, 0.2) is 24.3 Å². The molecule has 2 amide bonds. The van der Waals surface area contributed by atoms with Crippen LogP contribution in [0.2, 0.25) is 0 Å². The van der Waals surface area contributed by atoms with Crippen LogP contribution in [0.1, 0.15) is 22.3 Å². The first-order chi connectivity index (χ1) is 20.4. The number of anilines is 4. The summed E-state index contributed by atoms with van der Waals surface area (Å²) in [7, 11) is 8.09. The summed E-state index contributed by atoms with van der Waals surface area (Å²) in [6.45, 7) is 8.76. The molecule has 2 atom stereocenters. The molecule has 0 fully saturated rings. The molecule has 3 N–H and O–H groups in total. The van der Waals surface area contributed by atoms with Gasteiger partial charge in [-0.25, -0.2) is 0 Å². The van der Waals surface area contributed by atoms with E-state index in [0.29, 0.717) is 13.1 Å². The highest BCUT2D eigenvalue weighted by Gasteiger charge is 2.34. The maximum Gasteiger partial charge on any atom is 0.325 e. The Bertz CT molecular complexity index is 1380. The van der Waals surface area contributed by atoms with Crippen molar-refractivity contribution < 1.29 is 28.7 Å². The molecule has 43 heavy (non-hydrogen) atoms. The van der Waals surface area contributed by atoms with Crippen LogP contribution in [0.5, 0.6) is 0 Å². The van der Waals surface area contributed by atoms with Crippen molar-refractivity contribution >= 4 is 46.5 Å². The maximum absolute atomic E-state index is 12.8. The van der Waals surface area contributed by atoms with Crippen LogP contribution in [0, 0.1) is 27.7 Å². The van der Waals surface area contributed by atoms with Gasteiger partial charge in [-0.05, 0) is 76.2 Å². The lowest BCUT2D eigenvalue weighted by Crippen LogP contribution is -2.49. The van der Waals surface area contributed by atoms with Gasteiger partial charge in [0.2, 0.25) is 11.8 Å². The molecule has 2 aliphatic rings. The highest BCUT2D eigenvalue weighted by atomic mass is 16.5.